The zero-order chi connectivity index (χ0) is 31.5. The molecule has 0 fully saturated rings. The molecule has 5 aromatic rings. The van der Waals surface area contributed by atoms with Gasteiger partial charge in [-0.25, -0.2) is 4.68 Å². The zero-order valence-electron chi connectivity index (χ0n) is 25.0. The average Bonchev–Trinajstić information content (AvgIpc) is 3.44. The number of thioether (sulfide) groups is 1. The molecule has 45 heavy (non-hydrogen) atoms. The number of aromatic nitrogens is 3. The number of benzene rings is 4. The number of carbonyl (C=O) groups excluding carboxylic acids is 1. The Morgan fingerprint density at radius 3 is 2.58 bits per heavy atom. The van der Waals surface area contributed by atoms with Gasteiger partial charge in [-0.3, -0.25) is 4.79 Å². The van der Waals surface area contributed by atoms with E-state index in [-0.39, 0.29) is 12.5 Å². The Bertz CT molecular complexity index is 1910. The molecule has 1 aliphatic heterocycles. The molecular weight excluding hydrogens is 625 g/mol. The Balaban J connectivity index is 1.34. The first-order valence-corrected chi connectivity index (χ1v) is 16.2. The van der Waals surface area contributed by atoms with E-state index in [1.54, 1.807) is 28.6 Å². The van der Waals surface area contributed by atoms with Crippen LogP contribution in [0, 0.1) is 13.8 Å². The van der Waals surface area contributed by atoms with E-state index in [1.165, 1.54) is 5.56 Å². The molecule has 0 radical (unpaired) electrons. The normalized spacial score (nSPS) is 14.1. The van der Waals surface area contributed by atoms with Gasteiger partial charge in [0.2, 0.25) is 11.1 Å². The predicted molar refractivity (Wildman–Crippen MR) is 182 cm³/mol. The standard InChI is InChI=1S/C35H31Cl2N5O2S/c1-21-9-7-14-30(22(21)2)39-33(43)31-23(3)38-34-40-35(45-20-24-10-5-4-6-11-24)41-42(34)32(31)25-12-8-13-28(17-25)44-19-26-15-16-27(36)18-29(26)37/h4-18,32H,19-20H2,1-3H3,(H,39,43)(H,38,40,41). The number of nitrogens with one attached hydrogen (secondary N) is 2. The summed E-state index contributed by atoms with van der Waals surface area (Å²) < 4.78 is 7.95. The summed E-state index contributed by atoms with van der Waals surface area (Å²) in [7, 11) is 0. The molecule has 1 atom stereocenters. The number of allylic oxidation sites excluding steroid dienone is 1. The van der Waals surface area contributed by atoms with Crippen molar-refractivity contribution in [1.82, 2.24) is 14.8 Å². The van der Waals surface area contributed by atoms with Gasteiger partial charge in [0.15, 0.2) is 0 Å². The summed E-state index contributed by atoms with van der Waals surface area (Å²) in [6.07, 6.45) is 0. The van der Waals surface area contributed by atoms with Gasteiger partial charge in [0.05, 0.1) is 5.57 Å². The van der Waals surface area contributed by atoms with Crippen LogP contribution in [0.2, 0.25) is 10.0 Å². The molecule has 0 spiro atoms. The molecule has 0 bridgehead atoms. The average molecular weight is 657 g/mol. The van der Waals surface area contributed by atoms with Crippen LogP contribution in [0.15, 0.2) is 107 Å². The maximum atomic E-state index is 14.1. The molecule has 1 aliphatic rings. The van der Waals surface area contributed by atoms with E-state index < -0.39 is 6.04 Å². The van der Waals surface area contributed by atoms with Gasteiger partial charge in [-0.15, -0.1) is 5.10 Å². The fourth-order valence-electron chi connectivity index (χ4n) is 5.17. The molecule has 1 amide bonds. The van der Waals surface area contributed by atoms with Crippen molar-refractivity contribution in [3.8, 4) is 5.75 Å². The first kappa shape index (κ1) is 30.8. The lowest BCUT2D eigenvalue weighted by atomic mass is 9.94. The Morgan fingerprint density at radius 1 is 0.978 bits per heavy atom. The first-order valence-electron chi connectivity index (χ1n) is 14.4. The fraction of sp³-hybridized carbons (Fsp3) is 0.171. The van der Waals surface area contributed by atoms with Gasteiger partial charge in [-0.1, -0.05) is 95.6 Å². The van der Waals surface area contributed by atoms with E-state index in [4.69, 9.17) is 38.0 Å². The van der Waals surface area contributed by atoms with Gasteiger partial charge in [0.25, 0.3) is 5.91 Å². The second-order valence-corrected chi connectivity index (χ2v) is 12.6. The summed E-state index contributed by atoms with van der Waals surface area (Å²) in [6, 6.07) is 28.5. The molecule has 1 aromatic heterocycles. The third-order valence-electron chi connectivity index (χ3n) is 7.72. The predicted octanol–water partition coefficient (Wildman–Crippen LogP) is 9.00. The van der Waals surface area contributed by atoms with Crippen molar-refractivity contribution in [2.45, 2.75) is 44.3 Å². The van der Waals surface area contributed by atoms with E-state index in [0.29, 0.717) is 38.2 Å². The van der Waals surface area contributed by atoms with Crippen molar-refractivity contribution < 1.29 is 9.53 Å². The van der Waals surface area contributed by atoms with Crippen LogP contribution >= 0.6 is 35.0 Å². The molecule has 0 saturated heterocycles. The molecule has 1 unspecified atom stereocenters. The van der Waals surface area contributed by atoms with Crippen LogP contribution in [0.4, 0.5) is 11.6 Å². The highest BCUT2D eigenvalue weighted by Crippen LogP contribution is 2.38. The number of fused-ring (bicyclic) bond motifs is 1. The number of halogens is 2. The van der Waals surface area contributed by atoms with E-state index in [9.17, 15) is 4.79 Å². The quantitative estimate of drug-likeness (QED) is 0.154. The van der Waals surface area contributed by atoms with Crippen LogP contribution in [0.1, 0.15) is 40.8 Å². The highest BCUT2D eigenvalue weighted by Gasteiger charge is 2.35. The number of nitrogens with zero attached hydrogens (tertiary/aromatic N) is 3. The van der Waals surface area contributed by atoms with Gasteiger partial charge in [-0.05, 0) is 73.4 Å². The second-order valence-electron chi connectivity index (χ2n) is 10.8. The SMILES string of the molecule is CC1=C(C(=O)Nc2cccc(C)c2C)C(c2cccc(OCc3ccc(Cl)cc3Cl)c2)n2nc(SCc3ccccc3)nc2N1. The van der Waals surface area contributed by atoms with Crippen molar-refractivity contribution in [2.75, 3.05) is 10.6 Å². The van der Waals surface area contributed by atoms with Crippen LogP contribution in [0.5, 0.6) is 5.75 Å². The fourth-order valence-corrected chi connectivity index (χ4v) is 6.42. The summed E-state index contributed by atoms with van der Waals surface area (Å²) in [5, 5.41) is 13.1. The summed E-state index contributed by atoms with van der Waals surface area (Å²) in [4.78, 5) is 18.9. The number of ether oxygens (including phenoxy) is 1. The molecule has 0 aliphatic carbocycles. The Kier molecular flexibility index (Phi) is 9.16. The monoisotopic (exact) mass is 655 g/mol. The smallest absolute Gasteiger partial charge is 0.255 e. The molecule has 2 N–H and O–H groups in total. The lowest BCUT2D eigenvalue weighted by molar-refractivity contribution is -0.113. The third kappa shape index (κ3) is 6.88. The molecule has 6 rings (SSSR count). The molecule has 0 saturated carbocycles. The minimum absolute atomic E-state index is 0.224. The maximum absolute atomic E-state index is 14.1. The third-order valence-corrected chi connectivity index (χ3v) is 9.22. The summed E-state index contributed by atoms with van der Waals surface area (Å²) in [5.41, 5.74) is 6.92. The van der Waals surface area contributed by atoms with Crippen molar-refractivity contribution in [3.05, 3.63) is 140 Å². The lowest BCUT2D eigenvalue weighted by Gasteiger charge is -2.29. The van der Waals surface area contributed by atoms with Crippen molar-refractivity contribution in [1.29, 1.82) is 0 Å². The Morgan fingerprint density at radius 2 is 1.78 bits per heavy atom. The number of carbonyl (C=O) groups is 1. The number of aryl methyl sites for hydroxylation is 1. The largest absolute Gasteiger partial charge is 0.489 e. The van der Waals surface area contributed by atoms with Gasteiger partial charge in [-0.2, -0.15) is 4.98 Å². The van der Waals surface area contributed by atoms with Gasteiger partial charge in [0, 0.05) is 32.7 Å². The topological polar surface area (TPSA) is 81.1 Å². The van der Waals surface area contributed by atoms with Crippen LogP contribution in [0.25, 0.3) is 0 Å². The van der Waals surface area contributed by atoms with Gasteiger partial charge in [0.1, 0.15) is 18.4 Å². The minimum atomic E-state index is -0.562. The van der Waals surface area contributed by atoms with E-state index >= 15 is 0 Å². The summed E-state index contributed by atoms with van der Waals surface area (Å²) in [5.74, 6) is 1.69. The highest BCUT2D eigenvalue weighted by molar-refractivity contribution is 7.98. The zero-order valence-corrected chi connectivity index (χ0v) is 27.3. The number of hydrogen-bond acceptors (Lipinski definition) is 6. The van der Waals surface area contributed by atoms with Gasteiger partial charge < -0.3 is 15.4 Å². The van der Waals surface area contributed by atoms with E-state index in [1.807, 2.05) is 87.5 Å². The highest BCUT2D eigenvalue weighted by atomic mass is 35.5. The van der Waals surface area contributed by atoms with Crippen molar-refractivity contribution in [2.24, 2.45) is 0 Å². The van der Waals surface area contributed by atoms with Crippen molar-refractivity contribution >= 4 is 52.5 Å². The molecule has 2 heterocycles. The number of amides is 1. The maximum Gasteiger partial charge on any atom is 0.255 e. The summed E-state index contributed by atoms with van der Waals surface area (Å²) in [6.45, 7) is 6.18. The molecular formula is C35H31Cl2N5O2S. The van der Waals surface area contributed by atoms with E-state index in [0.717, 1.165) is 33.7 Å². The first-order chi connectivity index (χ1) is 21.8. The van der Waals surface area contributed by atoms with Crippen LogP contribution in [-0.2, 0) is 17.2 Å². The number of hydrogen-bond donors (Lipinski definition) is 2. The number of rotatable bonds is 9. The van der Waals surface area contributed by atoms with Crippen LogP contribution in [-0.4, -0.2) is 20.7 Å². The summed E-state index contributed by atoms with van der Waals surface area (Å²) >= 11 is 14.0. The number of anilines is 2. The molecule has 228 valence electrons. The molecule has 7 nitrogen and oxygen atoms in total. The van der Waals surface area contributed by atoms with E-state index in [2.05, 4.69) is 22.8 Å². The van der Waals surface area contributed by atoms with Crippen LogP contribution < -0.4 is 15.4 Å². The van der Waals surface area contributed by atoms with Crippen LogP contribution in [0.3, 0.4) is 0 Å². The molecule has 10 heteroatoms. The van der Waals surface area contributed by atoms with Gasteiger partial charge >= 0.3 is 0 Å². The van der Waals surface area contributed by atoms with Crippen molar-refractivity contribution in [3.63, 3.8) is 0 Å². The second kappa shape index (κ2) is 13.4. The molecule has 4 aromatic carbocycles. The lowest BCUT2D eigenvalue weighted by Crippen LogP contribution is -2.31. The Labute approximate surface area is 276 Å². The Hall–Kier alpha value is -4.24. The minimum Gasteiger partial charge on any atom is -0.489 e.